The minimum Gasteiger partial charge on any atom is -0.207 e. The topological polar surface area (TPSA) is 0 Å². The maximum atomic E-state index is 13.2. The van der Waals surface area contributed by atoms with E-state index in [2.05, 4.69) is 0 Å². The van der Waals surface area contributed by atoms with Gasteiger partial charge in [0.2, 0.25) is 0 Å². The van der Waals surface area contributed by atoms with Gasteiger partial charge in [0, 0.05) is 0 Å². The lowest BCUT2D eigenvalue weighted by Crippen LogP contribution is -2.03. The molecule has 0 heterocycles. The van der Waals surface area contributed by atoms with Crippen LogP contribution >= 0.6 is 12.2 Å². The standard InChI is InChI=1S/C15H10F2S/c16-11-3-5-13-9(7-11)1-2-10-8-12(17)4-6-14(10)15(13)18/h3-8H,1-2H2. The summed E-state index contributed by atoms with van der Waals surface area (Å²) in [5.41, 5.74) is 3.57. The molecule has 0 spiro atoms. The van der Waals surface area contributed by atoms with E-state index in [1.807, 2.05) is 0 Å². The monoisotopic (exact) mass is 260 g/mol. The molecular formula is C15H10F2S. The summed E-state index contributed by atoms with van der Waals surface area (Å²) in [6, 6.07) is 9.30. The molecule has 0 saturated carbocycles. The van der Waals surface area contributed by atoms with Crippen LogP contribution in [-0.4, -0.2) is 4.86 Å². The van der Waals surface area contributed by atoms with Gasteiger partial charge in [-0.15, -0.1) is 0 Å². The molecule has 0 atom stereocenters. The highest BCUT2D eigenvalue weighted by atomic mass is 32.1. The maximum absolute atomic E-state index is 13.2. The Bertz CT molecular complexity index is 591. The van der Waals surface area contributed by atoms with Crippen molar-refractivity contribution in [3.8, 4) is 0 Å². The van der Waals surface area contributed by atoms with Gasteiger partial charge in [-0.05, 0) is 59.4 Å². The van der Waals surface area contributed by atoms with Gasteiger partial charge in [-0.25, -0.2) is 8.78 Å². The molecule has 0 unspecified atom stereocenters. The summed E-state index contributed by atoms with van der Waals surface area (Å²) in [6.45, 7) is 0. The molecule has 0 aromatic heterocycles. The first-order valence-electron chi connectivity index (χ1n) is 5.77. The molecule has 0 bridgehead atoms. The quantitative estimate of drug-likeness (QED) is 0.649. The van der Waals surface area contributed by atoms with Crippen molar-refractivity contribution < 1.29 is 8.78 Å². The van der Waals surface area contributed by atoms with Gasteiger partial charge < -0.3 is 0 Å². The van der Waals surface area contributed by atoms with Crippen molar-refractivity contribution in [1.82, 2.24) is 0 Å². The summed E-state index contributed by atoms with van der Waals surface area (Å²) < 4.78 is 26.5. The SMILES string of the molecule is Fc1ccc2c(c1)CCc1cc(F)ccc1C2=S. The number of hydrogen-bond donors (Lipinski definition) is 0. The minimum atomic E-state index is -0.256. The van der Waals surface area contributed by atoms with E-state index in [0.717, 1.165) is 22.3 Å². The van der Waals surface area contributed by atoms with Crippen molar-refractivity contribution in [2.75, 3.05) is 0 Å². The molecule has 1 aliphatic carbocycles. The van der Waals surface area contributed by atoms with Gasteiger partial charge in [-0.3, -0.25) is 0 Å². The molecule has 0 aliphatic heterocycles. The molecule has 0 radical (unpaired) electrons. The zero-order valence-electron chi connectivity index (χ0n) is 9.54. The van der Waals surface area contributed by atoms with Gasteiger partial charge in [0.15, 0.2) is 0 Å². The van der Waals surface area contributed by atoms with Gasteiger partial charge >= 0.3 is 0 Å². The first-order chi connectivity index (χ1) is 8.65. The van der Waals surface area contributed by atoms with Crippen LogP contribution in [0.15, 0.2) is 36.4 Å². The van der Waals surface area contributed by atoms with Gasteiger partial charge in [-0.2, -0.15) is 0 Å². The van der Waals surface area contributed by atoms with E-state index in [1.165, 1.54) is 24.3 Å². The fourth-order valence-corrected chi connectivity index (χ4v) is 2.79. The van der Waals surface area contributed by atoms with E-state index < -0.39 is 0 Å². The fraction of sp³-hybridized carbons (Fsp3) is 0.133. The Morgan fingerprint density at radius 3 is 1.67 bits per heavy atom. The number of benzene rings is 2. The first-order valence-corrected chi connectivity index (χ1v) is 6.17. The first kappa shape index (κ1) is 11.5. The number of fused-ring (bicyclic) bond motifs is 2. The van der Waals surface area contributed by atoms with Crippen LogP contribution in [0, 0.1) is 11.6 Å². The third kappa shape index (κ3) is 1.85. The van der Waals surface area contributed by atoms with Gasteiger partial charge in [0.05, 0.1) is 4.86 Å². The van der Waals surface area contributed by atoms with E-state index in [9.17, 15) is 8.78 Å². The van der Waals surface area contributed by atoms with Crippen LogP contribution in [-0.2, 0) is 12.8 Å². The minimum absolute atomic E-state index is 0.256. The fourth-order valence-electron chi connectivity index (χ4n) is 2.40. The molecule has 0 N–H and O–H groups in total. The molecule has 1 aliphatic rings. The average molecular weight is 260 g/mol. The third-order valence-electron chi connectivity index (χ3n) is 3.29. The number of thiocarbonyl (C=S) groups is 1. The second-order valence-electron chi connectivity index (χ2n) is 4.43. The summed E-state index contributed by atoms with van der Waals surface area (Å²) in [6.07, 6.45) is 1.37. The van der Waals surface area contributed by atoms with Gasteiger partial charge in [0.25, 0.3) is 0 Å². The predicted molar refractivity (Wildman–Crippen MR) is 71.0 cm³/mol. The van der Waals surface area contributed by atoms with Crippen LogP contribution in [0.1, 0.15) is 22.3 Å². The zero-order valence-corrected chi connectivity index (χ0v) is 10.4. The van der Waals surface area contributed by atoms with Crippen molar-refractivity contribution >= 4 is 17.1 Å². The Morgan fingerprint density at radius 1 is 0.778 bits per heavy atom. The van der Waals surface area contributed by atoms with Crippen molar-refractivity contribution in [3.63, 3.8) is 0 Å². The zero-order chi connectivity index (χ0) is 12.7. The van der Waals surface area contributed by atoms with E-state index in [1.54, 1.807) is 12.1 Å². The van der Waals surface area contributed by atoms with Crippen LogP contribution in [0.25, 0.3) is 0 Å². The highest BCUT2D eigenvalue weighted by Gasteiger charge is 2.18. The highest BCUT2D eigenvalue weighted by Crippen LogP contribution is 2.26. The Labute approximate surface area is 109 Å². The predicted octanol–water partition coefficient (Wildman–Crippen LogP) is 3.83. The smallest absolute Gasteiger partial charge is 0.123 e. The van der Waals surface area contributed by atoms with Crippen LogP contribution < -0.4 is 0 Å². The summed E-state index contributed by atoms with van der Waals surface area (Å²) in [4.78, 5) is 0.678. The maximum Gasteiger partial charge on any atom is 0.123 e. The molecule has 3 heteroatoms. The second-order valence-corrected chi connectivity index (χ2v) is 4.84. The summed E-state index contributed by atoms with van der Waals surface area (Å²) >= 11 is 5.44. The van der Waals surface area contributed by atoms with Crippen LogP contribution in [0.3, 0.4) is 0 Å². The lowest BCUT2D eigenvalue weighted by Gasteiger charge is -2.08. The Morgan fingerprint density at radius 2 is 1.22 bits per heavy atom. The third-order valence-corrected chi connectivity index (χ3v) is 3.73. The van der Waals surface area contributed by atoms with Crippen LogP contribution in [0.4, 0.5) is 8.78 Å². The summed E-state index contributed by atoms with van der Waals surface area (Å²) in [5.74, 6) is -0.512. The highest BCUT2D eigenvalue weighted by molar-refractivity contribution is 7.81. The molecule has 18 heavy (non-hydrogen) atoms. The van der Waals surface area contributed by atoms with Crippen molar-refractivity contribution in [2.24, 2.45) is 0 Å². The number of halogens is 2. The van der Waals surface area contributed by atoms with Crippen molar-refractivity contribution in [2.45, 2.75) is 12.8 Å². The average Bonchev–Trinajstić information content (AvgIpc) is 2.47. The van der Waals surface area contributed by atoms with Crippen LogP contribution in [0.2, 0.25) is 0 Å². The largest absolute Gasteiger partial charge is 0.207 e. The summed E-state index contributed by atoms with van der Waals surface area (Å²) in [5, 5.41) is 0. The molecule has 0 amide bonds. The molecule has 0 nitrogen and oxygen atoms in total. The van der Waals surface area contributed by atoms with E-state index >= 15 is 0 Å². The van der Waals surface area contributed by atoms with Crippen molar-refractivity contribution in [3.05, 3.63) is 70.3 Å². The number of aryl methyl sites for hydroxylation is 2. The number of rotatable bonds is 0. The Kier molecular flexibility index (Phi) is 2.71. The lowest BCUT2D eigenvalue weighted by atomic mass is 10.00. The second kappa shape index (κ2) is 4.25. The molecular weight excluding hydrogens is 250 g/mol. The van der Waals surface area contributed by atoms with Crippen LogP contribution in [0.5, 0.6) is 0 Å². The van der Waals surface area contributed by atoms with E-state index in [0.29, 0.717) is 17.7 Å². The molecule has 0 saturated heterocycles. The molecule has 2 aromatic carbocycles. The van der Waals surface area contributed by atoms with Gasteiger partial charge in [-0.1, -0.05) is 24.4 Å². The Hall–Kier alpha value is -1.61. The Balaban J connectivity index is 2.18. The van der Waals surface area contributed by atoms with E-state index in [-0.39, 0.29) is 11.6 Å². The molecule has 3 rings (SSSR count). The number of hydrogen-bond acceptors (Lipinski definition) is 1. The lowest BCUT2D eigenvalue weighted by molar-refractivity contribution is 0.623. The normalized spacial score (nSPS) is 13.8. The molecule has 0 fully saturated rings. The molecule has 2 aromatic rings. The van der Waals surface area contributed by atoms with E-state index in [4.69, 9.17) is 12.2 Å². The van der Waals surface area contributed by atoms with Crippen molar-refractivity contribution in [1.29, 1.82) is 0 Å². The molecule has 90 valence electrons. The van der Waals surface area contributed by atoms with Gasteiger partial charge in [0.1, 0.15) is 11.6 Å². The summed E-state index contributed by atoms with van der Waals surface area (Å²) in [7, 11) is 0.